The lowest BCUT2D eigenvalue weighted by atomic mass is 9.87. The fourth-order valence-corrected chi connectivity index (χ4v) is 4.59. The maximum atomic E-state index is 15.1. The molecule has 0 aromatic rings. The predicted octanol–water partition coefficient (Wildman–Crippen LogP) is 16.2. The number of rotatable bonds is 21. The number of hydrogen-bond acceptors (Lipinski definition) is 1. The minimum atomic E-state index is -12.3. The van der Waals surface area contributed by atoms with E-state index in [2.05, 4.69) is 0 Å². The van der Waals surface area contributed by atoms with Gasteiger partial charge in [-0.1, -0.05) is 0 Å². The molecule has 0 atom stereocenters. The van der Waals surface area contributed by atoms with Gasteiger partial charge >= 0.3 is 143 Å². The third-order valence-electron chi connectivity index (χ3n) is 9.30. The van der Waals surface area contributed by atoms with Crippen LogP contribution in [0.5, 0.6) is 0 Å². The zero-order chi connectivity index (χ0) is 64.5. The van der Waals surface area contributed by atoms with Crippen molar-refractivity contribution in [3.8, 4) is 0 Å². The zero-order valence-electron chi connectivity index (χ0n) is 32.1. The molecule has 0 aliphatic heterocycles. The van der Waals surface area contributed by atoms with Crippen LogP contribution in [-0.4, -0.2) is 148 Å². The van der Waals surface area contributed by atoms with Crippen molar-refractivity contribution in [2.75, 3.05) is 0 Å². The highest BCUT2D eigenvalue weighted by molar-refractivity contribution is 5.19. The molecule has 0 amide bonds. The van der Waals surface area contributed by atoms with E-state index in [-0.39, 0.29) is 0 Å². The maximum absolute atomic E-state index is 15.1. The van der Waals surface area contributed by atoms with Gasteiger partial charge in [-0.05, 0) is 0 Å². The van der Waals surface area contributed by atoms with Gasteiger partial charge in [0.05, 0.1) is 0 Å². The largest absolute Gasteiger partial charge is 0.619 e. The first-order chi connectivity index (χ1) is 32.0. The highest BCUT2D eigenvalue weighted by atomic mass is 19.5. The predicted molar refractivity (Wildman–Crippen MR) is 126 cm³/mol. The molecular formula is C24F51NO. The lowest BCUT2D eigenvalue weighted by Gasteiger charge is -2.58. The Labute approximate surface area is 378 Å². The van der Waals surface area contributed by atoms with Gasteiger partial charge in [-0.25, -0.2) is 0 Å². The number of hydroxylamine groups is 3. The molecule has 0 radical (unpaired) electrons. The third-order valence-corrected chi connectivity index (χ3v) is 9.30. The van der Waals surface area contributed by atoms with Crippen molar-refractivity contribution in [3.63, 3.8) is 0 Å². The molecule has 77 heavy (non-hydrogen) atoms. The smallest absolute Gasteiger partial charge is 0.471 e. The van der Waals surface area contributed by atoms with Gasteiger partial charge in [0, 0.05) is 0 Å². The second-order valence-electron chi connectivity index (χ2n) is 14.1. The average molecular weight is 1290 g/mol. The summed E-state index contributed by atoms with van der Waals surface area (Å²) in [5.41, 5.74) is 0. The van der Waals surface area contributed by atoms with Gasteiger partial charge in [0.15, 0.2) is 0 Å². The zero-order valence-corrected chi connectivity index (χ0v) is 32.1. The summed E-state index contributed by atoms with van der Waals surface area (Å²) < 4.78 is 691. The molecule has 0 saturated heterocycles. The average Bonchev–Trinajstić information content (AvgIpc) is 3.17. The molecule has 0 saturated carbocycles. The molecule has 0 aliphatic rings. The van der Waals surface area contributed by atoms with Crippen molar-refractivity contribution >= 4 is 0 Å². The lowest BCUT2D eigenvalue weighted by molar-refractivity contribution is -1.13. The second-order valence-corrected chi connectivity index (χ2v) is 14.1. The van der Waals surface area contributed by atoms with Gasteiger partial charge in [-0.2, -0.15) is 202 Å². The van der Waals surface area contributed by atoms with E-state index in [0.29, 0.717) is 0 Å². The van der Waals surface area contributed by atoms with E-state index >= 15 is 26.3 Å². The van der Waals surface area contributed by atoms with Crippen LogP contribution in [0, 0.1) is 5.21 Å². The molecule has 0 N–H and O–H groups in total. The molecule has 0 unspecified atom stereocenters. The fourth-order valence-electron chi connectivity index (χ4n) is 4.59. The van der Waals surface area contributed by atoms with Crippen molar-refractivity contribution < 1.29 is 229 Å². The van der Waals surface area contributed by atoms with E-state index in [1.165, 1.54) is 0 Å². The highest BCUT2D eigenvalue weighted by Crippen LogP contribution is 2.74. The normalized spacial score (nSPS) is 17.6. The van der Waals surface area contributed by atoms with Crippen LogP contribution in [0.25, 0.3) is 0 Å². The number of nitrogens with zero attached hydrogens (tertiary/aromatic N) is 1. The van der Waals surface area contributed by atoms with E-state index in [4.69, 9.17) is 0 Å². The summed E-state index contributed by atoms with van der Waals surface area (Å²) in [5, 5.41) is 12.3. The maximum Gasteiger partial charge on any atom is 0.471 e. The molecular weight excluding hydrogens is 1290 g/mol. The monoisotopic (exact) mass is 1290 g/mol. The molecule has 0 rings (SSSR count). The summed E-state index contributed by atoms with van der Waals surface area (Å²) in [6.07, 6.45) is -26.8. The van der Waals surface area contributed by atoms with Crippen LogP contribution in [0.3, 0.4) is 0 Å². The van der Waals surface area contributed by atoms with Gasteiger partial charge in [0.2, 0.25) is 0 Å². The van der Waals surface area contributed by atoms with Gasteiger partial charge in [0.1, 0.15) is 0 Å². The summed E-state index contributed by atoms with van der Waals surface area (Å²) in [6.45, 7) is 0. The Morgan fingerprint density at radius 1 is 0.130 bits per heavy atom. The standard InChI is InChI=1S/C24F51NO/c25-1(26,7(37,38)13(49,50)19(61,62)63)4(31,32)10(43,44)16(55,56)22(70,71)76(77,23(72,73)17(57,58)11(45,46)5(33,34)2(27,28)8(39,40)14(51,52)20(64,65)66)24(74,75)18(59,60)12(47,48)6(35,36)3(29,30)9(41,42)15(53,54)21(67,68)69. The first kappa shape index (κ1) is 73.4. The molecule has 0 bridgehead atoms. The van der Waals surface area contributed by atoms with Crippen LogP contribution in [0.2, 0.25) is 0 Å². The minimum Gasteiger partial charge on any atom is -0.619 e. The van der Waals surface area contributed by atoms with E-state index in [0.717, 1.165) is 0 Å². The van der Waals surface area contributed by atoms with Gasteiger partial charge in [-0.15, -0.1) is 26.3 Å². The van der Waals surface area contributed by atoms with Gasteiger partial charge in [0.25, 0.3) is 0 Å². The molecule has 464 valence electrons. The number of alkyl halides is 51. The Morgan fingerprint density at radius 3 is 0.299 bits per heavy atom. The van der Waals surface area contributed by atoms with Crippen molar-refractivity contribution in [1.29, 1.82) is 0 Å². The van der Waals surface area contributed by atoms with Crippen LogP contribution in [0.1, 0.15) is 0 Å². The van der Waals surface area contributed by atoms with E-state index in [1.54, 1.807) is 0 Å². The van der Waals surface area contributed by atoms with Crippen molar-refractivity contribution in [3.05, 3.63) is 5.21 Å². The third kappa shape index (κ3) is 7.94. The molecule has 0 aromatic carbocycles. The Bertz CT molecular complexity index is 1900. The van der Waals surface area contributed by atoms with Crippen molar-refractivity contribution in [2.45, 2.75) is 143 Å². The topological polar surface area (TPSA) is 23.1 Å². The first-order valence-electron chi connectivity index (χ1n) is 15.7. The SMILES string of the molecule is [O-][N+](C(F)(F)C(F)(F)C(F)(F)C(F)(F)C(F)(F)C(F)(F)C(F)(F)C(F)(F)F)(C(F)(F)C(F)(F)C(F)(F)C(F)(F)C(F)(F)C(F)(F)C(F)(F)C(F)(F)F)C(F)(F)C(F)(F)C(F)(F)C(F)(F)C(F)(F)C(F)(F)C(F)(F)C(F)(F)F. The van der Waals surface area contributed by atoms with Crippen molar-refractivity contribution in [1.82, 2.24) is 0 Å². The van der Waals surface area contributed by atoms with Crippen LogP contribution in [0.4, 0.5) is 224 Å². The Morgan fingerprint density at radius 2 is 0.208 bits per heavy atom. The lowest BCUT2D eigenvalue weighted by Crippen LogP contribution is -2.90. The molecule has 2 nitrogen and oxygen atoms in total. The fraction of sp³-hybridized carbons (Fsp3) is 1.00. The Balaban J connectivity index is 9.93. The Kier molecular flexibility index (Phi) is 16.4. The molecule has 0 spiro atoms. The summed E-state index contributed by atoms with van der Waals surface area (Å²) in [5.74, 6) is -193. The van der Waals surface area contributed by atoms with E-state index in [9.17, 15) is 203 Å². The van der Waals surface area contributed by atoms with E-state index in [1.807, 2.05) is 0 Å². The first-order valence-corrected chi connectivity index (χ1v) is 15.7. The highest BCUT2D eigenvalue weighted by Gasteiger charge is 3.07. The number of hydrogen-bond donors (Lipinski definition) is 0. The van der Waals surface area contributed by atoms with Crippen LogP contribution >= 0.6 is 0 Å². The van der Waals surface area contributed by atoms with Gasteiger partial charge in [-0.3, -0.25) is 0 Å². The number of halogens is 51. The second kappa shape index (κ2) is 17.2. The summed E-state index contributed by atoms with van der Waals surface area (Å²) in [6, 6.07) is -36.8. The number of quaternary nitrogens is 1. The molecule has 0 heterocycles. The van der Waals surface area contributed by atoms with Crippen LogP contribution in [-0.2, 0) is 0 Å². The summed E-state index contributed by atoms with van der Waals surface area (Å²) >= 11 is 0. The molecule has 0 fully saturated rings. The van der Waals surface area contributed by atoms with E-state index < -0.39 is 148 Å². The van der Waals surface area contributed by atoms with Gasteiger partial charge < -0.3 is 5.21 Å². The molecule has 53 heteroatoms. The summed E-state index contributed by atoms with van der Waals surface area (Å²) in [4.78, 5) is 0. The summed E-state index contributed by atoms with van der Waals surface area (Å²) in [7, 11) is 0. The van der Waals surface area contributed by atoms with Crippen LogP contribution in [0.15, 0.2) is 0 Å². The molecule has 0 aromatic heterocycles. The Hall–Kier alpha value is -3.65. The minimum absolute atomic E-state index is 8.94. The molecule has 0 aliphatic carbocycles. The quantitative estimate of drug-likeness (QED) is 0.0486. The van der Waals surface area contributed by atoms with Crippen LogP contribution < -0.4 is 0 Å². The van der Waals surface area contributed by atoms with Crippen molar-refractivity contribution in [2.24, 2.45) is 0 Å².